The summed E-state index contributed by atoms with van der Waals surface area (Å²) >= 11 is 0. The number of fused-ring (bicyclic) bond motifs is 1. The monoisotopic (exact) mass is 273 g/mol. The summed E-state index contributed by atoms with van der Waals surface area (Å²) < 4.78 is 0. The highest BCUT2D eigenvalue weighted by Gasteiger charge is 2.46. The Morgan fingerprint density at radius 2 is 1.85 bits per heavy atom. The summed E-state index contributed by atoms with van der Waals surface area (Å²) in [5.41, 5.74) is 1.24. The minimum Gasteiger partial charge on any atom is -0.314 e. The molecule has 5 amide bonds. The molecule has 0 bridgehead atoms. The van der Waals surface area contributed by atoms with Gasteiger partial charge in [0.25, 0.3) is 17.7 Å². The van der Waals surface area contributed by atoms with Crippen LogP contribution in [0.15, 0.2) is 24.3 Å². The van der Waals surface area contributed by atoms with Gasteiger partial charge in [0.1, 0.15) is 0 Å². The molecular weight excluding hydrogens is 262 g/mol. The molecule has 102 valence electrons. The first-order valence-electron chi connectivity index (χ1n) is 6.02. The Morgan fingerprint density at radius 1 is 1.15 bits per heavy atom. The fourth-order valence-electron chi connectivity index (χ4n) is 2.41. The van der Waals surface area contributed by atoms with E-state index in [9.17, 15) is 19.2 Å². The van der Waals surface area contributed by atoms with E-state index in [1.807, 2.05) is 0 Å². The molecular formula is C13H11N3O4. The van der Waals surface area contributed by atoms with Crippen LogP contribution in [-0.2, 0) is 16.1 Å². The Labute approximate surface area is 114 Å². The zero-order chi connectivity index (χ0) is 14.4. The molecule has 7 nitrogen and oxygen atoms in total. The number of hydrogen-bond acceptors (Lipinski definition) is 4. The van der Waals surface area contributed by atoms with Gasteiger partial charge in [-0.3, -0.25) is 24.6 Å². The lowest BCUT2D eigenvalue weighted by Crippen LogP contribution is -2.64. The molecule has 0 aromatic heterocycles. The lowest BCUT2D eigenvalue weighted by molar-refractivity contribution is -0.142. The molecule has 7 heteroatoms. The van der Waals surface area contributed by atoms with Crippen LogP contribution in [0, 0.1) is 0 Å². The van der Waals surface area contributed by atoms with Crippen molar-refractivity contribution in [2.45, 2.75) is 12.6 Å². The lowest BCUT2D eigenvalue weighted by Gasteiger charge is -2.32. The number of rotatable bonds is 1. The van der Waals surface area contributed by atoms with E-state index in [2.05, 4.69) is 5.32 Å². The van der Waals surface area contributed by atoms with Crippen LogP contribution in [0.1, 0.15) is 15.9 Å². The van der Waals surface area contributed by atoms with Gasteiger partial charge in [-0.1, -0.05) is 18.2 Å². The first kappa shape index (κ1) is 12.3. The molecule has 2 heterocycles. The highest BCUT2D eigenvalue weighted by molar-refractivity contribution is 6.20. The SMILES string of the molecule is CN1C(=O)NC(=O)C(N2Cc3ccccc3C2=O)C1=O. The van der Waals surface area contributed by atoms with Gasteiger partial charge in [-0.2, -0.15) is 0 Å². The van der Waals surface area contributed by atoms with Crippen molar-refractivity contribution in [2.24, 2.45) is 0 Å². The first-order chi connectivity index (χ1) is 9.50. The normalized spacial score (nSPS) is 22.1. The van der Waals surface area contributed by atoms with Crippen LogP contribution in [-0.4, -0.2) is 46.6 Å². The molecule has 0 radical (unpaired) electrons. The highest BCUT2D eigenvalue weighted by Crippen LogP contribution is 2.25. The number of nitrogens with one attached hydrogen (secondary N) is 1. The van der Waals surface area contributed by atoms with Gasteiger partial charge >= 0.3 is 6.03 Å². The second-order valence-corrected chi connectivity index (χ2v) is 4.68. The third kappa shape index (κ3) is 1.59. The second-order valence-electron chi connectivity index (χ2n) is 4.68. The van der Waals surface area contributed by atoms with Crippen molar-refractivity contribution in [3.63, 3.8) is 0 Å². The molecule has 1 unspecified atom stereocenters. The summed E-state index contributed by atoms with van der Waals surface area (Å²) in [6.07, 6.45) is 0. The minimum absolute atomic E-state index is 0.181. The van der Waals surface area contributed by atoms with E-state index < -0.39 is 23.9 Å². The Kier molecular flexibility index (Phi) is 2.56. The molecule has 0 aliphatic carbocycles. The van der Waals surface area contributed by atoms with Crippen molar-refractivity contribution < 1.29 is 19.2 Å². The number of carbonyl (C=O) groups is 4. The van der Waals surface area contributed by atoms with Gasteiger partial charge in [-0.05, 0) is 11.6 Å². The largest absolute Gasteiger partial charge is 0.330 e. The van der Waals surface area contributed by atoms with Crippen LogP contribution in [0.3, 0.4) is 0 Å². The number of nitrogens with zero attached hydrogens (tertiary/aromatic N) is 2. The predicted molar refractivity (Wildman–Crippen MR) is 66.4 cm³/mol. The zero-order valence-electron chi connectivity index (χ0n) is 10.6. The van der Waals surface area contributed by atoms with Crippen LogP contribution in [0.25, 0.3) is 0 Å². The third-order valence-electron chi connectivity index (χ3n) is 3.51. The molecule has 1 aromatic rings. The van der Waals surface area contributed by atoms with Gasteiger partial charge in [0.2, 0.25) is 0 Å². The Bertz CT molecular complexity index is 655. The molecule has 0 saturated carbocycles. The highest BCUT2D eigenvalue weighted by atomic mass is 16.2. The van der Waals surface area contributed by atoms with Crippen LogP contribution in [0.5, 0.6) is 0 Å². The Balaban J connectivity index is 1.95. The van der Waals surface area contributed by atoms with Crippen LogP contribution < -0.4 is 5.32 Å². The predicted octanol–water partition coefficient (Wildman–Crippen LogP) is -0.281. The molecule has 1 fully saturated rings. The van der Waals surface area contributed by atoms with Crippen molar-refractivity contribution in [1.82, 2.24) is 15.1 Å². The molecule has 1 atom stereocenters. The quantitative estimate of drug-likeness (QED) is 0.713. The lowest BCUT2D eigenvalue weighted by atomic mass is 10.1. The average molecular weight is 273 g/mol. The molecule has 1 aromatic carbocycles. The first-order valence-corrected chi connectivity index (χ1v) is 6.02. The number of imide groups is 2. The van der Waals surface area contributed by atoms with E-state index in [0.717, 1.165) is 10.5 Å². The van der Waals surface area contributed by atoms with Crippen molar-refractivity contribution in [3.8, 4) is 0 Å². The second kappa shape index (κ2) is 4.16. The maximum absolute atomic E-state index is 12.3. The summed E-state index contributed by atoms with van der Waals surface area (Å²) in [7, 11) is 1.27. The maximum atomic E-state index is 12.3. The number of urea groups is 1. The summed E-state index contributed by atoms with van der Waals surface area (Å²) in [6, 6.07) is 4.86. The number of carbonyl (C=O) groups excluding carboxylic acids is 4. The minimum atomic E-state index is -1.29. The fraction of sp³-hybridized carbons (Fsp3) is 0.231. The smallest absolute Gasteiger partial charge is 0.314 e. The van der Waals surface area contributed by atoms with Crippen molar-refractivity contribution in [3.05, 3.63) is 35.4 Å². The number of likely N-dealkylation sites (N-methyl/N-ethyl adjacent to an activating group) is 1. The van der Waals surface area contributed by atoms with E-state index in [0.29, 0.717) is 5.56 Å². The molecule has 2 aliphatic rings. The van der Waals surface area contributed by atoms with E-state index in [-0.39, 0.29) is 12.5 Å². The van der Waals surface area contributed by atoms with Gasteiger partial charge in [0.15, 0.2) is 6.04 Å². The number of amides is 5. The Morgan fingerprint density at radius 3 is 2.55 bits per heavy atom. The fourth-order valence-corrected chi connectivity index (χ4v) is 2.41. The van der Waals surface area contributed by atoms with Crippen molar-refractivity contribution in [2.75, 3.05) is 7.05 Å². The molecule has 1 N–H and O–H groups in total. The molecule has 1 saturated heterocycles. The van der Waals surface area contributed by atoms with E-state index in [4.69, 9.17) is 0 Å². The number of barbiturate groups is 1. The van der Waals surface area contributed by atoms with Gasteiger partial charge in [0.05, 0.1) is 0 Å². The van der Waals surface area contributed by atoms with E-state index in [1.54, 1.807) is 24.3 Å². The van der Waals surface area contributed by atoms with Gasteiger partial charge in [-0.25, -0.2) is 4.79 Å². The van der Waals surface area contributed by atoms with Gasteiger partial charge in [-0.15, -0.1) is 0 Å². The summed E-state index contributed by atoms with van der Waals surface area (Å²) in [6.45, 7) is 0.181. The maximum Gasteiger partial charge on any atom is 0.330 e. The topological polar surface area (TPSA) is 86.8 Å². The Hall–Kier alpha value is -2.70. The van der Waals surface area contributed by atoms with Crippen LogP contribution in [0.2, 0.25) is 0 Å². The average Bonchev–Trinajstić information content (AvgIpc) is 2.74. The molecule has 3 rings (SSSR count). The summed E-state index contributed by atoms with van der Waals surface area (Å²) in [4.78, 5) is 49.6. The van der Waals surface area contributed by atoms with Crippen molar-refractivity contribution in [1.29, 1.82) is 0 Å². The molecule has 2 aliphatic heterocycles. The van der Waals surface area contributed by atoms with Crippen molar-refractivity contribution >= 4 is 23.8 Å². The van der Waals surface area contributed by atoms with Crippen LogP contribution >= 0.6 is 0 Å². The van der Waals surface area contributed by atoms with E-state index in [1.165, 1.54) is 11.9 Å². The summed E-state index contributed by atoms with van der Waals surface area (Å²) in [5, 5.41) is 2.07. The standard InChI is InChI=1S/C13H11N3O4/c1-15-12(19)9(10(17)14-13(15)20)16-6-7-4-2-3-5-8(7)11(16)18/h2-5,9H,6H2,1H3,(H,14,17,20). The van der Waals surface area contributed by atoms with Gasteiger partial charge in [0, 0.05) is 19.2 Å². The third-order valence-corrected chi connectivity index (χ3v) is 3.51. The molecule has 20 heavy (non-hydrogen) atoms. The van der Waals surface area contributed by atoms with Crippen LogP contribution in [0.4, 0.5) is 4.79 Å². The number of benzene rings is 1. The number of hydrogen-bond donors (Lipinski definition) is 1. The van der Waals surface area contributed by atoms with Gasteiger partial charge < -0.3 is 4.90 Å². The zero-order valence-corrected chi connectivity index (χ0v) is 10.6. The summed E-state index contributed by atoms with van der Waals surface area (Å²) in [5.74, 6) is -1.84. The molecule has 0 spiro atoms. The van der Waals surface area contributed by atoms with E-state index >= 15 is 0 Å².